The number of ether oxygens (including phenoxy) is 2. The van der Waals surface area contributed by atoms with Gasteiger partial charge in [-0.3, -0.25) is 0 Å². The second kappa shape index (κ2) is 6.37. The first-order valence-electron chi connectivity index (χ1n) is 5.94. The van der Waals surface area contributed by atoms with Crippen LogP contribution in [0.5, 0.6) is 0 Å². The van der Waals surface area contributed by atoms with Gasteiger partial charge in [0.2, 0.25) is 0 Å². The molecule has 1 fully saturated rings. The third-order valence-corrected chi connectivity index (χ3v) is 3.94. The summed E-state index contributed by atoms with van der Waals surface area (Å²) in [6.07, 6.45) is 2.73. The standard InChI is InChI=1S/C11H19N3O2S/c1-9-12-13-11(14(9)5-7-15-2)17-8-10-4-3-6-16-10/h10H,3-8H2,1-2H3/t10-/m0/s1. The van der Waals surface area contributed by atoms with E-state index in [1.54, 1.807) is 18.9 Å². The molecule has 1 aromatic heterocycles. The molecule has 0 N–H and O–H groups in total. The smallest absolute Gasteiger partial charge is 0.191 e. The summed E-state index contributed by atoms with van der Waals surface area (Å²) in [6, 6.07) is 0. The van der Waals surface area contributed by atoms with Crippen LogP contribution in [0, 0.1) is 6.92 Å². The van der Waals surface area contributed by atoms with Crippen LogP contribution >= 0.6 is 11.8 Å². The minimum Gasteiger partial charge on any atom is -0.383 e. The summed E-state index contributed by atoms with van der Waals surface area (Å²) in [5, 5.41) is 9.27. The van der Waals surface area contributed by atoms with Gasteiger partial charge in [0.25, 0.3) is 0 Å². The predicted molar refractivity (Wildman–Crippen MR) is 66.3 cm³/mol. The number of aromatic nitrogens is 3. The average molecular weight is 257 g/mol. The molecule has 5 nitrogen and oxygen atoms in total. The van der Waals surface area contributed by atoms with E-state index in [1.807, 2.05) is 6.92 Å². The highest BCUT2D eigenvalue weighted by Gasteiger charge is 2.17. The molecule has 0 aromatic carbocycles. The van der Waals surface area contributed by atoms with Crippen molar-refractivity contribution in [3.8, 4) is 0 Å². The van der Waals surface area contributed by atoms with E-state index in [2.05, 4.69) is 14.8 Å². The lowest BCUT2D eigenvalue weighted by Crippen LogP contribution is -2.11. The van der Waals surface area contributed by atoms with Gasteiger partial charge in [-0.1, -0.05) is 11.8 Å². The third-order valence-electron chi connectivity index (χ3n) is 2.84. The van der Waals surface area contributed by atoms with Crippen LogP contribution < -0.4 is 0 Å². The first-order chi connectivity index (χ1) is 8.31. The Labute approximate surface area is 106 Å². The lowest BCUT2D eigenvalue weighted by Gasteiger charge is -2.10. The van der Waals surface area contributed by atoms with Gasteiger partial charge in [-0.15, -0.1) is 10.2 Å². The van der Waals surface area contributed by atoms with Gasteiger partial charge in [0, 0.05) is 26.0 Å². The molecule has 1 aliphatic heterocycles. The van der Waals surface area contributed by atoms with Crippen LogP contribution in [0.2, 0.25) is 0 Å². The molecule has 1 atom stereocenters. The van der Waals surface area contributed by atoms with Gasteiger partial charge in [-0.2, -0.15) is 0 Å². The Morgan fingerprint density at radius 3 is 3.12 bits per heavy atom. The number of methoxy groups -OCH3 is 1. The van der Waals surface area contributed by atoms with Crippen molar-refractivity contribution in [1.82, 2.24) is 14.8 Å². The Balaban J connectivity index is 1.90. The summed E-state index contributed by atoms with van der Waals surface area (Å²) in [5.74, 6) is 1.90. The monoisotopic (exact) mass is 257 g/mol. The van der Waals surface area contributed by atoms with Crippen molar-refractivity contribution in [1.29, 1.82) is 0 Å². The molecule has 6 heteroatoms. The Hall–Kier alpha value is -0.590. The summed E-state index contributed by atoms with van der Waals surface area (Å²) in [6.45, 7) is 4.37. The fourth-order valence-electron chi connectivity index (χ4n) is 1.85. The predicted octanol–water partition coefficient (Wildman–Crippen LogP) is 1.50. The molecular formula is C11H19N3O2S. The van der Waals surface area contributed by atoms with Crippen LogP contribution in [0.1, 0.15) is 18.7 Å². The molecule has 0 amide bonds. The number of thioether (sulfide) groups is 1. The van der Waals surface area contributed by atoms with Gasteiger partial charge in [-0.25, -0.2) is 0 Å². The molecule has 1 saturated heterocycles. The number of hydrogen-bond acceptors (Lipinski definition) is 5. The van der Waals surface area contributed by atoms with E-state index in [9.17, 15) is 0 Å². The SMILES string of the molecule is COCCn1c(C)nnc1SC[C@@H]1CCCO1. The lowest BCUT2D eigenvalue weighted by molar-refractivity contribution is 0.129. The first-order valence-corrected chi connectivity index (χ1v) is 6.93. The van der Waals surface area contributed by atoms with Crippen molar-refractivity contribution in [3.05, 3.63) is 5.82 Å². The van der Waals surface area contributed by atoms with Gasteiger partial charge in [0.15, 0.2) is 5.16 Å². The molecule has 1 aromatic rings. The van der Waals surface area contributed by atoms with Gasteiger partial charge in [-0.05, 0) is 19.8 Å². The summed E-state index contributed by atoms with van der Waals surface area (Å²) < 4.78 is 12.8. The Bertz CT molecular complexity index is 350. The lowest BCUT2D eigenvalue weighted by atomic mass is 10.3. The molecule has 0 saturated carbocycles. The molecule has 0 unspecified atom stereocenters. The number of nitrogens with zero attached hydrogens (tertiary/aromatic N) is 3. The highest BCUT2D eigenvalue weighted by Crippen LogP contribution is 2.22. The van der Waals surface area contributed by atoms with E-state index in [-0.39, 0.29) is 0 Å². The van der Waals surface area contributed by atoms with Crippen molar-refractivity contribution in [3.63, 3.8) is 0 Å². The van der Waals surface area contributed by atoms with Crippen LogP contribution in [0.15, 0.2) is 5.16 Å². The second-order valence-corrected chi connectivity index (χ2v) is 5.11. The number of aryl methyl sites for hydroxylation is 1. The molecule has 2 rings (SSSR count). The molecular weight excluding hydrogens is 238 g/mol. The van der Waals surface area contributed by atoms with E-state index in [0.717, 1.165) is 36.3 Å². The van der Waals surface area contributed by atoms with Crippen LogP contribution in [0.25, 0.3) is 0 Å². The molecule has 0 bridgehead atoms. The van der Waals surface area contributed by atoms with Crippen LogP contribution in [-0.2, 0) is 16.0 Å². The maximum absolute atomic E-state index is 5.60. The first kappa shape index (κ1) is 12.9. The summed E-state index contributed by atoms with van der Waals surface area (Å²) in [7, 11) is 1.71. The number of rotatable bonds is 6. The normalized spacial score (nSPS) is 20.0. The zero-order valence-corrected chi connectivity index (χ0v) is 11.2. The largest absolute Gasteiger partial charge is 0.383 e. The zero-order valence-electron chi connectivity index (χ0n) is 10.4. The molecule has 1 aliphatic rings. The van der Waals surface area contributed by atoms with Crippen LogP contribution in [0.3, 0.4) is 0 Å². The zero-order chi connectivity index (χ0) is 12.1. The van der Waals surface area contributed by atoms with Gasteiger partial charge in [0.1, 0.15) is 5.82 Å². The van der Waals surface area contributed by atoms with Crippen LogP contribution in [-0.4, -0.2) is 46.9 Å². The van der Waals surface area contributed by atoms with E-state index in [0.29, 0.717) is 12.7 Å². The highest BCUT2D eigenvalue weighted by molar-refractivity contribution is 7.99. The quantitative estimate of drug-likeness (QED) is 0.723. The van der Waals surface area contributed by atoms with Crippen molar-refractivity contribution >= 4 is 11.8 Å². The van der Waals surface area contributed by atoms with Crippen molar-refractivity contribution in [2.45, 2.75) is 37.6 Å². The van der Waals surface area contributed by atoms with Crippen molar-refractivity contribution in [2.24, 2.45) is 0 Å². The third kappa shape index (κ3) is 3.43. The van der Waals surface area contributed by atoms with E-state index in [1.165, 1.54) is 6.42 Å². The maximum atomic E-state index is 5.60. The van der Waals surface area contributed by atoms with E-state index >= 15 is 0 Å². The fourth-order valence-corrected chi connectivity index (χ4v) is 2.93. The molecule has 96 valence electrons. The topological polar surface area (TPSA) is 49.2 Å². The molecule has 0 spiro atoms. The summed E-state index contributed by atoms with van der Waals surface area (Å²) >= 11 is 1.72. The maximum Gasteiger partial charge on any atom is 0.191 e. The Kier molecular flexibility index (Phi) is 4.82. The summed E-state index contributed by atoms with van der Waals surface area (Å²) in [5.41, 5.74) is 0. The minimum atomic E-state index is 0.382. The van der Waals surface area contributed by atoms with Crippen molar-refractivity contribution < 1.29 is 9.47 Å². The van der Waals surface area contributed by atoms with Crippen molar-refractivity contribution in [2.75, 3.05) is 26.1 Å². The number of hydrogen-bond donors (Lipinski definition) is 0. The minimum absolute atomic E-state index is 0.382. The van der Waals surface area contributed by atoms with Gasteiger partial charge in [0.05, 0.1) is 12.7 Å². The molecule has 17 heavy (non-hydrogen) atoms. The highest BCUT2D eigenvalue weighted by atomic mass is 32.2. The Morgan fingerprint density at radius 1 is 1.53 bits per heavy atom. The van der Waals surface area contributed by atoms with Gasteiger partial charge < -0.3 is 14.0 Å². The fraction of sp³-hybridized carbons (Fsp3) is 0.818. The Morgan fingerprint density at radius 2 is 2.41 bits per heavy atom. The summed E-state index contributed by atoms with van der Waals surface area (Å²) in [4.78, 5) is 0. The molecule has 2 heterocycles. The van der Waals surface area contributed by atoms with E-state index < -0.39 is 0 Å². The average Bonchev–Trinajstić information content (AvgIpc) is 2.94. The van der Waals surface area contributed by atoms with Gasteiger partial charge >= 0.3 is 0 Å². The molecule has 0 radical (unpaired) electrons. The molecule has 0 aliphatic carbocycles. The second-order valence-electron chi connectivity index (χ2n) is 4.12. The van der Waals surface area contributed by atoms with Crippen LogP contribution in [0.4, 0.5) is 0 Å². The van der Waals surface area contributed by atoms with E-state index in [4.69, 9.17) is 9.47 Å².